The summed E-state index contributed by atoms with van der Waals surface area (Å²) >= 11 is 2.08. The van der Waals surface area contributed by atoms with Crippen molar-refractivity contribution >= 4 is 22.6 Å². The van der Waals surface area contributed by atoms with E-state index < -0.39 is 0 Å². The third kappa shape index (κ3) is 1.48. The molecule has 1 fully saturated rings. The van der Waals surface area contributed by atoms with Gasteiger partial charge in [-0.15, -0.1) is 0 Å². The summed E-state index contributed by atoms with van der Waals surface area (Å²) in [6.07, 6.45) is 3.80. The fourth-order valence-electron chi connectivity index (χ4n) is 1.88. The van der Waals surface area contributed by atoms with E-state index in [9.17, 15) is 0 Å². The maximum Gasteiger partial charge on any atom is 0.232 e. The second-order valence-corrected chi connectivity index (χ2v) is 4.38. The zero-order valence-electron chi connectivity index (χ0n) is 6.96. The molecule has 0 aliphatic heterocycles. The van der Waals surface area contributed by atoms with Crippen molar-refractivity contribution < 1.29 is 4.52 Å². The van der Waals surface area contributed by atoms with Crippen LogP contribution in [0.2, 0.25) is 0 Å². The predicted octanol–water partition coefficient (Wildman–Crippen LogP) is 2.58. The second-order valence-electron chi connectivity index (χ2n) is 3.42. The number of rotatable bonds is 1. The molecule has 0 spiro atoms. The van der Waals surface area contributed by atoms with Crippen LogP contribution in [0.4, 0.5) is 0 Å². The summed E-state index contributed by atoms with van der Waals surface area (Å²) in [6.45, 7) is 2.26. The number of hydrogen-bond donors (Lipinski definition) is 0. The highest BCUT2D eigenvalue weighted by molar-refractivity contribution is 14.1. The summed E-state index contributed by atoms with van der Waals surface area (Å²) in [6, 6.07) is 0. The molecule has 0 saturated heterocycles. The SMILES string of the molecule is CC1CCCC1c1nc(I)no1. The molecule has 3 nitrogen and oxygen atoms in total. The molecule has 2 rings (SSSR count). The average Bonchev–Trinajstić information content (AvgIpc) is 2.58. The molecule has 66 valence electrons. The molecule has 2 atom stereocenters. The van der Waals surface area contributed by atoms with Gasteiger partial charge in [-0.25, -0.2) is 0 Å². The van der Waals surface area contributed by atoms with Crippen molar-refractivity contribution in [3.05, 3.63) is 9.72 Å². The summed E-state index contributed by atoms with van der Waals surface area (Å²) < 4.78 is 5.87. The van der Waals surface area contributed by atoms with E-state index in [1.807, 2.05) is 0 Å². The van der Waals surface area contributed by atoms with Gasteiger partial charge in [0.25, 0.3) is 0 Å². The van der Waals surface area contributed by atoms with Crippen LogP contribution < -0.4 is 0 Å². The number of nitrogens with zero attached hydrogens (tertiary/aromatic N) is 2. The fraction of sp³-hybridized carbons (Fsp3) is 0.750. The summed E-state index contributed by atoms with van der Waals surface area (Å²) in [5.74, 6) is 2.06. The van der Waals surface area contributed by atoms with Crippen LogP contribution in [0, 0.1) is 9.75 Å². The first kappa shape index (κ1) is 8.47. The smallest absolute Gasteiger partial charge is 0.232 e. The minimum Gasteiger partial charge on any atom is -0.338 e. The van der Waals surface area contributed by atoms with Crippen molar-refractivity contribution in [3.63, 3.8) is 0 Å². The molecule has 1 aliphatic rings. The summed E-state index contributed by atoms with van der Waals surface area (Å²) in [7, 11) is 0. The van der Waals surface area contributed by atoms with Gasteiger partial charge in [0.1, 0.15) is 0 Å². The highest BCUT2D eigenvalue weighted by Gasteiger charge is 2.29. The summed E-state index contributed by atoms with van der Waals surface area (Å²) in [4.78, 5) is 4.25. The van der Waals surface area contributed by atoms with Crippen LogP contribution in [-0.2, 0) is 0 Å². The van der Waals surface area contributed by atoms with Crippen molar-refractivity contribution in [3.8, 4) is 0 Å². The number of hydrogen-bond acceptors (Lipinski definition) is 3. The van der Waals surface area contributed by atoms with E-state index in [0.717, 1.165) is 9.72 Å². The lowest BCUT2D eigenvalue weighted by atomic mass is 9.98. The van der Waals surface area contributed by atoms with Gasteiger partial charge in [-0.2, -0.15) is 4.98 Å². The van der Waals surface area contributed by atoms with E-state index >= 15 is 0 Å². The Morgan fingerprint density at radius 2 is 2.33 bits per heavy atom. The van der Waals surface area contributed by atoms with Crippen molar-refractivity contribution in [2.75, 3.05) is 0 Å². The molecule has 1 saturated carbocycles. The lowest BCUT2D eigenvalue weighted by molar-refractivity contribution is 0.329. The zero-order chi connectivity index (χ0) is 8.55. The molecule has 1 aromatic rings. The van der Waals surface area contributed by atoms with Crippen molar-refractivity contribution in [1.29, 1.82) is 0 Å². The van der Waals surface area contributed by atoms with Crippen LogP contribution >= 0.6 is 22.6 Å². The average molecular weight is 278 g/mol. The van der Waals surface area contributed by atoms with Crippen LogP contribution in [0.25, 0.3) is 0 Å². The highest BCUT2D eigenvalue weighted by atomic mass is 127. The lowest BCUT2D eigenvalue weighted by Gasteiger charge is -2.08. The van der Waals surface area contributed by atoms with Crippen molar-refractivity contribution in [2.24, 2.45) is 5.92 Å². The standard InChI is InChI=1S/C8H11IN2O/c1-5-3-2-4-6(5)7-10-8(9)11-12-7/h5-6H,2-4H2,1H3. The van der Waals surface area contributed by atoms with Gasteiger partial charge >= 0.3 is 0 Å². The van der Waals surface area contributed by atoms with Crippen molar-refractivity contribution in [2.45, 2.75) is 32.1 Å². The first-order valence-electron chi connectivity index (χ1n) is 4.26. The minimum absolute atomic E-state index is 0.515. The molecule has 0 aromatic carbocycles. The van der Waals surface area contributed by atoms with Gasteiger partial charge in [-0.3, -0.25) is 0 Å². The minimum atomic E-state index is 0.515. The molecule has 0 radical (unpaired) electrons. The number of aromatic nitrogens is 2. The first-order chi connectivity index (χ1) is 5.77. The zero-order valence-corrected chi connectivity index (χ0v) is 9.11. The molecule has 0 bridgehead atoms. The second kappa shape index (κ2) is 3.32. The van der Waals surface area contributed by atoms with Gasteiger partial charge in [0.05, 0.1) is 0 Å². The monoisotopic (exact) mass is 278 g/mol. The first-order valence-corrected chi connectivity index (χ1v) is 5.34. The Kier molecular flexibility index (Phi) is 2.34. The number of halogens is 1. The Morgan fingerprint density at radius 1 is 1.50 bits per heavy atom. The summed E-state index contributed by atoms with van der Waals surface area (Å²) in [5.41, 5.74) is 0. The highest BCUT2D eigenvalue weighted by Crippen LogP contribution is 2.38. The topological polar surface area (TPSA) is 38.9 Å². The molecule has 1 aromatic heterocycles. The molecule has 12 heavy (non-hydrogen) atoms. The van der Waals surface area contributed by atoms with Gasteiger partial charge in [-0.1, -0.05) is 18.5 Å². The predicted molar refractivity (Wildman–Crippen MR) is 52.8 cm³/mol. The van der Waals surface area contributed by atoms with Gasteiger partial charge in [0, 0.05) is 28.5 Å². The largest absolute Gasteiger partial charge is 0.338 e. The maximum absolute atomic E-state index is 5.15. The van der Waals surface area contributed by atoms with Gasteiger partial charge in [0.15, 0.2) is 0 Å². The van der Waals surface area contributed by atoms with E-state index in [1.165, 1.54) is 19.3 Å². The van der Waals surface area contributed by atoms with Gasteiger partial charge in [-0.05, 0) is 18.8 Å². The van der Waals surface area contributed by atoms with Gasteiger partial charge in [0.2, 0.25) is 9.72 Å². The van der Waals surface area contributed by atoms with Crippen LogP contribution in [0.1, 0.15) is 38.0 Å². The quantitative estimate of drug-likeness (QED) is 0.741. The molecular formula is C8H11IN2O. The molecule has 0 N–H and O–H groups in total. The molecular weight excluding hydrogens is 267 g/mol. The third-order valence-corrected chi connectivity index (χ3v) is 3.03. The molecule has 4 heteroatoms. The van der Waals surface area contributed by atoms with E-state index in [2.05, 4.69) is 39.7 Å². The van der Waals surface area contributed by atoms with Crippen LogP contribution in [0.5, 0.6) is 0 Å². The van der Waals surface area contributed by atoms with E-state index in [-0.39, 0.29) is 0 Å². The van der Waals surface area contributed by atoms with E-state index in [1.54, 1.807) is 0 Å². The van der Waals surface area contributed by atoms with Crippen LogP contribution in [0.3, 0.4) is 0 Å². The fourth-order valence-corrected chi connectivity index (χ4v) is 2.22. The lowest BCUT2D eigenvalue weighted by Crippen LogP contribution is -2.01. The Balaban J connectivity index is 2.19. The molecule has 1 heterocycles. The van der Waals surface area contributed by atoms with E-state index in [0.29, 0.717) is 11.8 Å². The van der Waals surface area contributed by atoms with Crippen molar-refractivity contribution in [1.82, 2.24) is 10.1 Å². The molecule has 0 amide bonds. The van der Waals surface area contributed by atoms with Gasteiger partial charge < -0.3 is 4.52 Å². The van der Waals surface area contributed by atoms with E-state index in [4.69, 9.17) is 4.52 Å². The third-order valence-electron chi connectivity index (χ3n) is 2.60. The Morgan fingerprint density at radius 3 is 2.83 bits per heavy atom. The Bertz CT molecular complexity index is 274. The normalized spacial score (nSPS) is 29.5. The maximum atomic E-state index is 5.15. The van der Waals surface area contributed by atoms with Crippen LogP contribution in [-0.4, -0.2) is 10.1 Å². The Hall–Kier alpha value is -0.130. The molecule has 1 aliphatic carbocycles. The Labute approximate surface area is 85.1 Å². The molecule has 2 unspecified atom stereocenters. The van der Waals surface area contributed by atoms with Crippen LogP contribution in [0.15, 0.2) is 4.52 Å². The summed E-state index contributed by atoms with van der Waals surface area (Å²) in [5, 5.41) is 3.80.